The first-order chi connectivity index (χ1) is 9.24. The molecule has 1 aliphatic carbocycles. The number of nitrogens with one attached hydrogen (secondary N) is 1. The molecule has 1 aliphatic rings. The van der Waals surface area contributed by atoms with E-state index in [9.17, 15) is 4.79 Å². The summed E-state index contributed by atoms with van der Waals surface area (Å²) in [5.41, 5.74) is 8.14. The number of carbonyl (C=O) groups excluding carboxylic acids is 1. The molecule has 0 aliphatic heterocycles. The molecule has 0 spiro atoms. The minimum atomic E-state index is -0.196. The SMILES string of the molecule is COC(CN)CC(=O)NC1CCCc2ccccc21. The van der Waals surface area contributed by atoms with E-state index in [1.54, 1.807) is 7.11 Å². The number of amides is 1. The summed E-state index contributed by atoms with van der Waals surface area (Å²) in [6, 6.07) is 8.47. The number of methoxy groups -OCH3 is 1. The Balaban J connectivity index is 1.99. The summed E-state index contributed by atoms with van der Waals surface area (Å²) >= 11 is 0. The smallest absolute Gasteiger partial charge is 0.223 e. The molecule has 1 aromatic carbocycles. The van der Waals surface area contributed by atoms with E-state index in [2.05, 4.69) is 23.5 Å². The van der Waals surface area contributed by atoms with Crippen LogP contribution in [0.3, 0.4) is 0 Å². The van der Waals surface area contributed by atoms with E-state index in [0.717, 1.165) is 19.3 Å². The minimum absolute atomic E-state index is 0.0130. The summed E-state index contributed by atoms with van der Waals surface area (Å²) in [6.07, 6.45) is 3.35. The third kappa shape index (κ3) is 3.55. The van der Waals surface area contributed by atoms with Gasteiger partial charge in [0.15, 0.2) is 0 Å². The first kappa shape index (κ1) is 14.0. The molecule has 3 N–H and O–H groups in total. The summed E-state index contributed by atoms with van der Waals surface area (Å²) in [4.78, 5) is 12.0. The van der Waals surface area contributed by atoms with Crippen LogP contribution in [0, 0.1) is 0 Å². The van der Waals surface area contributed by atoms with Gasteiger partial charge in [0.2, 0.25) is 5.91 Å². The van der Waals surface area contributed by atoms with Crippen molar-refractivity contribution in [2.45, 2.75) is 37.8 Å². The highest BCUT2D eigenvalue weighted by Crippen LogP contribution is 2.29. The standard InChI is InChI=1S/C15H22N2O2/c1-19-12(10-16)9-15(18)17-14-8-4-6-11-5-2-3-7-13(11)14/h2-3,5,7,12,14H,4,6,8-10,16H2,1H3,(H,17,18). The molecule has 0 bridgehead atoms. The number of aryl methyl sites for hydroxylation is 1. The molecule has 4 nitrogen and oxygen atoms in total. The summed E-state index contributed by atoms with van der Waals surface area (Å²) in [6.45, 7) is 0.366. The van der Waals surface area contributed by atoms with Gasteiger partial charge >= 0.3 is 0 Å². The third-order valence-corrected chi connectivity index (χ3v) is 3.71. The fourth-order valence-corrected chi connectivity index (χ4v) is 2.63. The van der Waals surface area contributed by atoms with Gasteiger partial charge in [0, 0.05) is 13.7 Å². The molecule has 104 valence electrons. The maximum atomic E-state index is 12.0. The lowest BCUT2D eigenvalue weighted by molar-refractivity contribution is -0.124. The largest absolute Gasteiger partial charge is 0.380 e. The van der Waals surface area contributed by atoms with Crippen LogP contribution in [0.25, 0.3) is 0 Å². The monoisotopic (exact) mass is 262 g/mol. The summed E-state index contributed by atoms with van der Waals surface area (Å²) < 4.78 is 5.14. The molecule has 19 heavy (non-hydrogen) atoms. The van der Waals surface area contributed by atoms with E-state index in [-0.39, 0.29) is 18.1 Å². The summed E-state index contributed by atoms with van der Waals surface area (Å²) in [5, 5.41) is 3.10. The molecule has 0 heterocycles. The molecule has 0 radical (unpaired) electrons. The van der Waals surface area contributed by atoms with Gasteiger partial charge in [-0.15, -0.1) is 0 Å². The van der Waals surface area contributed by atoms with E-state index >= 15 is 0 Å². The molecule has 1 amide bonds. The Morgan fingerprint density at radius 1 is 1.53 bits per heavy atom. The molecular formula is C15H22N2O2. The molecule has 2 unspecified atom stereocenters. The van der Waals surface area contributed by atoms with Crippen LogP contribution in [0.2, 0.25) is 0 Å². The van der Waals surface area contributed by atoms with Gasteiger partial charge in [-0.1, -0.05) is 24.3 Å². The van der Waals surface area contributed by atoms with Crippen LogP contribution in [0.15, 0.2) is 24.3 Å². The normalized spacial score (nSPS) is 19.6. The zero-order valence-corrected chi connectivity index (χ0v) is 11.4. The predicted octanol–water partition coefficient (Wildman–Crippen LogP) is 1.54. The molecule has 0 aromatic heterocycles. The van der Waals surface area contributed by atoms with E-state index in [0.29, 0.717) is 13.0 Å². The van der Waals surface area contributed by atoms with Crippen LogP contribution in [0.4, 0.5) is 0 Å². The van der Waals surface area contributed by atoms with Crippen molar-refractivity contribution in [2.75, 3.05) is 13.7 Å². The Morgan fingerprint density at radius 2 is 2.32 bits per heavy atom. The second kappa shape index (κ2) is 6.68. The van der Waals surface area contributed by atoms with Crippen LogP contribution in [0.5, 0.6) is 0 Å². The fourth-order valence-electron chi connectivity index (χ4n) is 2.63. The van der Waals surface area contributed by atoms with Gasteiger partial charge in [-0.25, -0.2) is 0 Å². The van der Waals surface area contributed by atoms with E-state index in [1.165, 1.54) is 11.1 Å². The Kier molecular flexibility index (Phi) is 4.93. The quantitative estimate of drug-likeness (QED) is 0.846. The maximum absolute atomic E-state index is 12.0. The van der Waals surface area contributed by atoms with Crippen molar-refractivity contribution in [2.24, 2.45) is 5.73 Å². The highest BCUT2D eigenvalue weighted by Gasteiger charge is 2.22. The van der Waals surface area contributed by atoms with Gasteiger partial charge in [-0.3, -0.25) is 4.79 Å². The average molecular weight is 262 g/mol. The van der Waals surface area contributed by atoms with Crippen LogP contribution in [0.1, 0.15) is 36.4 Å². The van der Waals surface area contributed by atoms with Gasteiger partial charge in [-0.2, -0.15) is 0 Å². The molecule has 4 heteroatoms. The molecule has 0 fully saturated rings. The number of hydrogen-bond donors (Lipinski definition) is 2. The number of nitrogens with two attached hydrogens (primary N) is 1. The molecule has 1 aromatic rings. The van der Waals surface area contributed by atoms with Crippen LogP contribution >= 0.6 is 0 Å². The van der Waals surface area contributed by atoms with Crippen molar-refractivity contribution in [3.05, 3.63) is 35.4 Å². The summed E-state index contributed by atoms with van der Waals surface area (Å²) in [5.74, 6) is 0.0130. The van der Waals surface area contributed by atoms with Crippen molar-refractivity contribution in [1.82, 2.24) is 5.32 Å². The van der Waals surface area contributed by atoms with E-state index in [4.69, 9.17) is 10.5 Å². The Hall–Kier alpha value is -1.39. The molecule has 0 saturated carbocycles. The second-order valence-corrected chi connectivity index (χ2v) is 5.01. The number of carbonyl (C=O) groups is 1. The van der Waals surface area contributed by atoms with Gasteiger partial charge < -0.3 is 15.8 Å². The van der Waals surface area contributed by atoms with Crippen molar-refractivity contribution in [3.63, 3.8) is 0 Å². The van der Waals surface area contributed by atoms with Gasteiger partial charge in [0.1, 0.15) is 0 Å². The molecule has 0 saturated heterocycles. The first-order valence-corrected chi connectivity index (χ1v) is 6.84. The van der Waals surface area contributed by atoms with Crippen molar-refractivity contribution >= 4 is 5.91 Å². The van der Waals surface area contributed by atoms with Crippen LogP contribution in [-0.4, -0.2) is 25.7 Å². The third-order valence-electron chi connectivity index (χ3n) is 3.71. The molecule has 2 atom stereocenters. The lowest BCUT2D eigenvalue weighted by Crippen LogP contribution is -2.35. The average Bonchev–Trinajstić information content (AvgIpc) is 2.45. The number of benzene rings is 1. The topological polar surface area (TPSA) is 64.3 Å². The Morgan fingerprint density at radius 3 is 3.05 bits per heavy atom. The minimum Gasteiger partial charge on any atom is -0.380 e. The number of rotatable bonds is 5. The lowest BCUT2D eigenvalue weighted by atomic mass is 9.87. The van der Waals surface area contributed by atoms with Crippen molar-refractivity contribution in [3.8, 4) is 0 Å². The molecule has 2 rings (SSSR count). The first-order valence-electron chi connectivity index (χ1n) is 6.84. The second-order valence-electron chi connectivity index (χ2n) is 5.01. The van der Waals surface area contributed by atoms with Crippen LogP contribution in [-0.2, 0) is 16.0 Å². The van der Waals surface area contributed by atoms with Gasteiger partial charge in [-0.05, 0) is 30.4 Å². The van der Waals surface area contributed by atoms with Gasteiger partial charge in [0.05, 0.1) is 18.6 Å². The Bertz CT molecular complexity index is 430. The number of fused-ring (bicyclic) bond motifs is 1. The Labute approximate surface area is 114 Å². The maximum Gasteiger partial charge on any atom is 0.223 e. The van der Waals surface area contributed by atoms with Crippen molar-refractivity contribution < 1.29 is 9.53 Å². The lowest BCUT2D eigenvalue weighted by Gasteiger charge is -2.27. The number of ether oxygens (including phenoxy) is 1. The highest BCUT2D eigenvalue weighted by atomic mass is 16.5. The summed E-state index contributed by atoms with van der Waals surface area (Å²) in [7, 11) is 1.58. The van der Waals surface area contributed by atoms with Crippen molar-refractivity contribution in [1.29, 1.82) is 0 Å². The van der Waals surface area contributed by atoms with Gasteiger partial charge in [0.25, 0.3) is 0 Å². The zero-order chi connectivity index (χ0) is 13.7. The predicted molar refractivity (Wildman–Crippen MR) is 74.7 cm³/mol. The highest BCUT2D eigenvalue weighted by molar-refractivity contribution is 5.77. The fraction of sp³-hybridized carbons (Fsp3) is 0.533. The van der Waals surface area contributed by atoms with E-state index in [1.807, 2.05) is 6.07 Å². The molecular weight excluding hydrogens is 240 g/mol. The number of hydrogen-bond acceptors (Lipinski definition) is 3. The zero-order valence-electron chi connectivity index (χ0n) is 11.4. The van der Waals surface area contributed by atoms with E-state index < -0.39 is 0 Å². The van der Waals surface area contributed by atoms with Crippen LogP contribution < -0.4 is 11.1 Å².